The van der Waals surface area contributed by atoms with Crippen molar-refractivity contribution in [3.63, 3.8) is 0 Å². The first kappa shape index (κ1) is 13.8. The van der Waals surface area contributed by atoms with Crippen molar-refractivity contribution in [1.29, 1.82) is 0 Å². The van der Waals surface area contributed by atoms with Gasteiger partial charge in [0.25, 0.3) is 0 Å². The standard InChI is InChI=1S/C14H25NO3/c1-10-6-7-12(18-10)9-15-8-11-4-2-3-5-13(11)14(16)17/h10-13,15H,2-9H2,1H3,(H,16,17). The number of hydrogen-bond donors (Lipinski definition) is 2. The summed E-state index contributed by atoms with van der Waals surface area (Å²) in [6, 6.07) is 0. The van der Waals surface area contributed by atoms with E-state index in [1.165, 1.54) is 6.42 Å². The van der Waals surface area contributed by atoms with E-state index in [2.05, 4.69) is 12.2 Å². The summed E-state index contributed by atoms with van der Waals surface area (Å²) < 4.78 is 5.75. The summed E-state index contributed by atoms with van der Waals surface area (Å²) in [5.41, 5.74) is 0. The fourth-order valence-corrected chi connectivity index (χ4v) is 3.24. The van der Waals surface area contributed by atoms with Gasteiger partial charge in [0.1, 0.15) is 0 Å². The third-order valence-electron chi connectivity index (χ3n) is 4.32. The Hall–Kier alpha value is -0.610. The molecule has 4 heteroatoms. The quantitative estimate of drug-likeness (QED) is 0.789. The molecule has 2 rings (SSSR count). The molecule has 104 valence electrons. The molecule has 0 aromatic heterocycles. The Morgan fingerprint density at radius 1 is 1.22 bits per heavy atom. The molecule has 0 aromatic rings. The van der Waals surface area contributed by atoms with Crippen LogP contribution in [0.25, 0.3) is 0 Å². The third kappa shape index (κ3) is 3.69. The molecular formula is C14H25NO3. The molecule has 0 spiro atoms. The summed E-state index contributed by atoms with van der Waals surface area (Å²) in [5.74, 6) is -0.461. The molecule has 1 aliphatic carbocycles. The summed E-state index contributed by atoms with van der Waals surface area (Å²) >= 11 is 0. The Balaban J connectivity index is 1.69. The molecule has 1 aliphatic heterocycles. The SMILES string of the molecule is CC1CCC(CNCC2CCCCC2C(=O)O)O1. The van der Waals surface area contributed by atoms with Crippen LogP contribution in [0.4, 0.5) is 0 Å². The lowest BCUT2D eigenvalue weighted by atomic mass is 9.79. The van der Waals surface area contributed by atoms with E-state index in [0.717, 1.165) is 45.2 Å². The van der Waals surface area contributed by atoms with Gasteiger partial charge in [-0.25, -0.2) is 0 Å². The van der Waals surface area contributed by atoms with Crippen molar-refractivity contribution in [3.05, 3.63) is 0 Å². The Bertz CT molecular complexity index is 282. The van der Waals surface area contributed by atoms with Crippen LogP contribution < -0.4 is 5.32 Å². The molecule has 0 bridgehead atoms. The highest BCUT2D eigenvalue weighted by Crippen LogP contribution is 2.29. The summed E-state index contributed by atoms with van der Waals surface area (Å²) in [6.45, 7) is 3.81. The average Bonchev–Trinajstić information content (AvgIpc) is 2.75. The molecule has 0 aromatic carbocycles. The fourth-order valence-electron chi connectivity index (χ4n) is 3.24. The molecular weight excluding hydrogens is 230 g/mol. The Kier molecular flexibility index (Phi) is 5.01. The predicted octanol–water partition coefficient (Wildman–Crippen LogP) is 2.03. The van der Waals surface area contributed by atoms with Crippen LogP contribution in [0.3, 0.4) is 0 Å². The van der Waals surface area contributed by atoms with Crippen LogP contribution in [0.2, 0.25) is 0 Å². The van der Waals surface area contributed by atoms with Crippen molar-refractivity contribution in [1.82, 2.24) is 5.32 Å². The lowest BCUT2D eigenvalue weighted by Crippen LogP contribution is -2.37. The van der Waals surface area contributed by atoms with Gasteiger partial charge < -0.3 is 15.2 Å². The highest BCUT2D eigenvalue weighted by molar-refractivity contribution is 5.70. The van der Waals surface area contributed by atoms with Crippen LogP contribution in [-0.4, -0.2) is 36.4 Å². The van der Waals surface area contributed by atoms with Crippen molar-refractivity contribution >= 4 is 5.97 Å². The molecule has 4 unspecified atom stereocenters. The molecule has 2 N–H and O–H groups in total. The molecule has 4 atom stereocenters. The minimum atomic E-state index is -0.618. The molecule has 0 amide bonds. The average molecular weight is 255 g/mol. The number of aliphatic carboxylic acids is 1. The van der Waals surface area contributed by atoms with Gasteiger partial charge in [-0.3, -0.25) is 4.79 Å². The van der Waals surface area contributed by atoms with Gasteiger partial charge in [0.15, 0.2) is 0 Å². The predicted molar refractivity (Wildman–Crippen MR) is 69.5 cm³/mol. The Morgan fingerprint density at radius 3 is 2.67 bits per heavy atom. The van der Waals surface area contributed by atoms with E-state index in [0.29, 0.717) is 18.1 Å². The van der Waals surface area contributed by atoms with Gasteiger partial charge in [0.2, 0.25) is 0 Å². The molecule has 0 radical (unpaired) electrons. The fraction of sp³-hybridized carbons (Fsp3) is 0.929. The maximum absolute atomic E-state index is 11.2. The third-order valence-corrected chi connectivity index (χ3v) is 4.32. The number of nitrogens with one attached hydrogen (secondary N) is 1. The second kappa shape index (κ2) is 6.53. The van der Waals surface area contributed by atoms with Gasteiger partial charge >= 0.3 is 5.97 Å². The van der Waals surface area contributed by atoms with Crippen LogP contribution in [0, 0.1) is 11.8 Å². The lowest BCUT2D eigenvalue weighted by Gasteiger charge is -2.29. The number of rotatable bonds is 5. The maximum atomic E-state index is 11.2. The second-order valence-corrected chi connectivity index (χ2v) is 5.79. The van der Waals surface area contributed by atoms with Crippen molar-refractivity contribution in [3.8, 4) is 0 Å². The van der Waals surface area contributed by atoms with Crippen LogP contribution in [0.5, 0.6) is 0 Å². The highest BCUT2D eigenvalue weighted by Gasteiger charge is 2.30. The Morgan fingerprint density at radius 2 is 2.00 bits per heavy atom. The minimum absolute atomic E-state index is 0.144. The molecule has 18 heavy (non-hydrogen) atoms. The second-order valence-electron chi connectivity index (χ2n) is 5.79. The summed E-state index contributed by atoms with van der Waals surface area (Å²) in [5, 5.41) is 12.6. The summed E-state index contributed by atoms with van der Waals surface area (Å²) in [4.78, 5) is 11.2. The molecule has 4 nitrogen and oxygen atoms in total. The minimum Gasteiger partial charge on any atom is -0.481 e. The Labute approximate surface area is 109 Å². The molecule has 2 aliphatic rings. The topological polar surface area (TPSA) is 58.6 Å². The number of carboxylic acid groups (broad SMARTS) is 1. The highest BCUT2D eigenvalue weighted by atomic mass is 16.5. The number of carbonyl (C=O) groups is 1. The van der Waals surface area contributed by atoms with Crippen LogP contribution in [0.15, 0.2) is 0 Å². The zero-order valence-corrected chi connectivity index (χ0v) is 11.2. The number of ether oxygens (including phenoxy) is 1. The van der Waals surface area contributed by atoms with Crippen molar-refractivity contribution in [2.24, 2.45) is 11.8 Å². The van der Waals surface area contributed by atoms with E-state index in [1.54, 1.807) is 0 Å². The first-order chi connectivity index (χ1) is 8.66. The van der Waals surface area contributed by atoms with Gasteiger partial charge in [-0.1, -0.05) is 12.8 Å². The van der Waals surface area contributed by atoms with Gasteiger partial charge in [0.05, 0.1) is 18.1 Å². The molecule has 1 saturated heterocycles. The molecule has 1 heterocycles. The molecule has 1 saturated carbocycles. The zero-order chi connectivity index (χ0) is 13.0. The van der Waals surface area contributed by atoms with Crippen molar-refractivity contribution < 1.29 is 14.6 Å². The van der Waals surface area contributed by atoms with Gasteiger partial charge in [-0.05, 0) is 45.1 Å². The largest absolute Gasteiger partial charge is 0.481 e. The van der Waals surface area contributed by atoms with E-state index >= 15 is 0 Å². The van der Waals surface area contributed by atoms with E-state index in [4.69, 9.17) is 4.74 Å². The van der Waals surface area contributed by atoms with Gasteiger partial charge in [0, 0.05) is 6.54 Å². The van der Waals surface area contributed by atoms with Crippen LogP contribution in [0.1, 0.15) is 45.4 Å². The van der Waals surface area contributed by atoms with Gasteiger partial charge in [-0.2, -0.15) is 0 Å². The van der Waals surface area contributed by atoms with Crippen molar-refractivity contribution in [2.75, 3.05) is 13.1 Å². The molecule has 2 fully saturated rings. The monoisotopic (exact) mass is 255 g/mol. The van der Waals surface area contributed by atoms with Crippen LogP contribution >= 0.6 is 0 Å². The van der Waals surface area contributed by atoms with Crippen LogP contribution in [-0.2, 0) is 9.53 Å². The smallest absolute Gasteiger partial charge is 0.306 e. The number of hydrogen-bond acceptors (Lipinski definition) is 3. The van der Waals surface area contributed by atoms with E-state index < -0.39 is 5.97 Å². The normalized spacial score (nSPS) is 36.7. The van der Waals surface area contributed by atoms with E-state index in [1.807, 2.05) is 0 Å². The van der Waals surface area contributed by atoms with E-state index in [9.17, 15) is 9.90 Å². The summed E-state index contributed by atoms with van der Waals surface area (Å²) in [7, 11) is 0. The number of carboxylic acids is 1. The maximum Gasteiger partial charge on any atom is 0.306 e. The van der Waals surface area contributed by atoms with E-state index in [-0.39, 0.29) is 5.92 Å². The first-order valence-electron chi connectivity index (χ1n) is 7.26. The summed E-state index contributed by atoms with van der Waals surface area (Å²) in [6.07, 6.45) is 7.12. The van der Waals surface area contributed by atoms with Crippen molar-refractivity contribution in [2.45, 2.75) is 57.7 Å². The zero-order valence-electron chi connectivity index (χ0n) is 11.2. The van der Waals surface area contributed by atoms with Gasteiger partial charge in [-0.15, -0.1) is 0 Å². The lowest BCUT2D eigenvalue weighted by molar-refractivity contribution is -0.144. The first-order valence-corrected chi connectivity index (χ1v) is 7.26.